The summed E-state index contributed by atoms with van der Waals surface area (Å²) in [4.78, 5) is 0. The fourth-order valence-electron chi connectivity index (χ4n) is 2.69. The molecule has 0 aromatic rings. The summed E-state index contributed by atoms with van der Waals surface area (Å²) in [5.74, 6) is 6.16. The van der Waals surface area contributed by atoms with Gasteiger partial charge in [0.15, 0.2) is 0 Å². The molecule has 0 bridgehead atoms. The summed E-state index contributed by atoms with van der Waals surface area (Å²) in [6.45, 7) is 3.85. The van der Waals surface area contributed by atoms with E-state index < -0.39 is 0 Å². The van der Waals surface area contributed by atoms with Crippen molar-refractivity contribution in [3.05, 3.63) is 0 Å². The lowest BCUT2D eigenvalue weighted by Gasteiger charge is -2.33. The number of ether oxygens (including phenoxy) is 2. The first kappa shape index (κ1) is 11.3. The Morgan fingerprint density at radius 2 is 2.20 bits per heavy atom. The molecule has 4 atom stereocenters. The lowest BCUT2D eigenvalue weighted by Crippen LogP contribution is -2.51. The Balaban J connectivity index is 1.90. The SMILES string of the molecule is CC1CCC(C(NN)C2CCCOC2)O1. The molecule has 2 aliphatic rings. The number of nitrogens with one attached hydrogen (secondary N) is 1. The van der Waals surface area contributed by atoms with E-state index in [0.29, 0.717) is 12.0 Å². The van der Waals surface area contributed by atoms with Gasteiger partial charge in [0.1, 0.15) is 0 Å². The number of hydrogen-bond acceptors (Lipinski definition) is 4. The van der Waals surface area contributed by atoms with E-state index in [1.54, 1.807) is 0 Å². The first-order valence-electron chi connectivity index (χ1n) is 6.00. The standard InChI is InChI=1S/C11H22N2O2/c1-8-4-5-10(15-8)11(13-12)9-3-2-6-14-7-9/h8-11,13H,2-7,12H2,1H3. The fourth-order valence-corrected chi connectivity index (χ4v) is 2.69. The van der Waals surface area contributed by atoms with Crippen LogP contribution in [0.5, 0.6) is 0 Å². The van der Waals surface area contributed by atoms with E-state index >= 15 is 0 Å². The molecule has 0 aliphatic carbocycles. The molecule has 2 rings (SSSR count). The Hall–Kier alpha value is -0.160. The average molecular weight is 214 g/mol. The summed E-state index contributed by atoms with van der Waals surface area (Å²) in [6, 6.07) is 0.259. The number of hydrazine groups is 1. The van der Waals surface area contributed by atoms with Crippen molar-refractivity contribution in [3.8, 4) is 0 Å². The summed E-state index contributed by atoms with van der Waals surface area (Å²) < 4.78 is 11.4. The highest BCUT2D eigenvalue weighted by Crippen LogP contribution is 2.28. The van der Waals surface area contributed by atoms with Crippen molar-refractivity contribution in [2.75, 3.05) is 13.2 Å². The Morgan fingerprint density at radius 3 is 2.73 bits per heavy atom. The number of hydrogen-bond donors (Lipinski definition) is 2. The van der Waals surface area contributed by atoms with Crippen molar-refractivity contribution < 1.29 is 9.47 Å². The highest BCUT2D eigenvalue weighted by atomic mass is 16.5. The molecular weight excluding hydrogens is 192 g/mol. The second-order valence-corrected chi connectivity index (χ2v) is 4.73. The van der Waals surface area contributed by atoms with E-state index in [-0.39, 0.29) is 12.1 Å². The van der Waals surface area contributed by atoms with Crippen LogP contribution in [0, 0.1) is 5.92 Å². The maximum absolute atomic E-state index is 5.87. The van der Waals surface area contributed by atoms with E-state index in [1.807, 2.05) is 0 Å². The molecule has 4 unspecified atom stereocenters. The van der Waals surface area contributed by atoms with Gasteiger partial charge in [-0.3, -0.25) is 11.3 Å². The summed E-state index contributed by atoms with van der Waals surface area (Å²) in [5.41, 5.74) is 2.93. The minimum Gasteiger partial charge on any atom is -0.381 e. The molecule has 2 saturated heterocycles. The molecule has 0 amide bonds. The molecule has 15 heavy (non-hydrogen) atoms. The van der Waals surface area contributed by atoms with E-state index in [2.05, 4.69) is 12.3 Å². The third-order valence-electron chi connectivity index (χ3n) is 3.56. The van der Waals surface area contributed by atoms with Crippen molar-refractivity contribution in [1.29, 1.82) is 0 Å². The molecule has 0 saturated carbocycles. The topological polar surface area (TPSA) is 56.5 Å². The molecule has 0 radical (unpaired) electrons. The maximum atomic E-state index is 5.87. The van der Waals surface area contributed by atoms with E-state index in [0.717, 1.165) is 32.5 Å². The highest BCUT2D eigenvalue weighted by Gasteiger charge is 2.34. The van der Waals surface area contributed by atoms with Crippen LogP contribution in [-0.2, 0) is 9.47 Å². The number of rotatable bonds is 3. The lowest BCUT2D eigenvalue weighted by atomic mass is 9.89. The molecule has 0 aromatic carbocycles. The zero-order valence-electron chi connectivity index (χ0n) is 9.45. The Bertz CT molecular complexity index is 190. The van der Waals surface area contributed by atoms with Crippen LogP contribution in [0.2, 0.25) is 0 Å². The predicted octanol–water partition coefficient (Wildman–Crippen LogP) is 0.812. The molecule has 2 fully saturated rings. The Labute approximate surface area is 91.5 Å². The van der Waals surface area contributed by atoms with Crippen LogP contribution >= 0.6 is 0 Å². The monoisotopic (exact) mass is 214 g/mol. The summed E-state index contributed by atoms with van der Waals surface area (Å²) in [5, 5.41) is 0. The first-order valence-corrected chi connectivity index (χ1v) is 6.00. The van der Waals surface area contributed by atoms with Gasteiger partial charge in [-0.2, -0.15) is 0 Å². The summed E-state index contributed by atoms with van der Waals surface area (Å²) in [6.07, 6.45) is 5.27. The van der Waals surface area contributed by atoms with Crippen LogP contribution in [0.25, 0.3) is 0 Å². The molecule has 2 heterocycles. The van der Waals surface area contributed by atoms with E-state index in [1.165, 1.54) is 6.42 Å². The van der Waals surface area contributed by atoms with Crippen LogP contribution in [0.3, 0.4) is 0 Å². The average Bonchev–Trinajstić information content (AvgIpc) is 2.68. The van der Waals surface area contributed by atoms with Gasteiger partial charge < -0.3 is 9.47 Å². The first-order chi connectivity index (χ1) is 7.31. The normalized spacial score (nSPS) is 39.2. The fraction of sp³-hybridized carbons (Fsp3) is 1.00. The molecule has 0 spiro atoms. The summed E-state index contributed by atoms with van der Waals surface area (Å²) in [7, 11) is 0. The van der Waals surface area contributed by atoms with Crippen molar-refractivity contribution in [2.45, 2.75) is 50.9 Å². The van der Waals surface area contributed by atoms with Gasteiger partial charge in [-0.25, -0.2) is 0 Å². The molecule has 4 heteroatoms. The van der Waals surface area contributed by atoms with Gasteiger partial charge in [0.2, 0.25) is 0 Å². The van der Waals surface area contributed by atoms with Crippen LogP contribution in [-0.4, -0.2) is 31.5 Å². The zero-order valence-corrected chi connectivity index (χ0v) is 9.45. The minimum atomic E-state index is 0.259. The molecule has 3 N–H and O–H groups in total. The van der Waals surface area contributed by atoms with Crippen LogP contribution in [0.1, 0.15) is 32.6 Å². The van der Waals surface area contributed by atoms with Crippen molar-refractivity contribution in [3.63, 3.8) is 0 Å². The smallest absolute Gasteiger partial charge is 0.0749 e. The molecule has 88 valence electrons. The predicted molar refractivity (Wildman–Crippen MR) is 58.2 cm³/mol. The number of nitrogens with two attached hydrogens (primary N) is 1. The molecular formula is C11H22N2O2. The van der Waals surface area contributed by atoms with Crippen molar-refractivity contribution >= 4 is 0 Å². The highest BCUT2D eigenvalue weighted by molar-refractivity contribution is 4.87. The van der Waals surface area contributed by atoms with Crippen molar-refractivity contribution in [1.82, 2.24) is 5.43 Å². The third-order valence-corrected chi connectivity index (χ3v) is 3.56. The van der Waals surface area contributed by atoms with Crippen LogP contribution in [0.15, 0.2) is 0 Å². The van der Waals surface area contributed by atoms with Gasteiger partial charge in [0.25, 0.3) is 0 Å². The molecule has 0 aromatic heterocycles. The van der Waals surface area contributed by atoms with Gasteiger partial charge in [-0.05, 0) is 32.6 Å². The van der Waals surface area contributed by atoms with Crippen molar-refractivity contribution in [2.24, 2.45) is 11.8 Å². The minimum absolute atomic E-state index is 0.259. The van der Waals surface area contributed by atoms with E-state index in [9.17, 15) is 0 Å². The van der Waals surface area contributed by atoms with Gasteiger partial charge in [-0.1, -0.05) is 0 Å². The Kier molecular flexibility index (Phi) is 3.97. The van der Waals surface area contributed by atoms with Gasteiger partial charge in [-0.15, -0.1) is 0 Å². The van der Waals surface area contributed by atoms with E-state index in [4.69, 9.17) is 15.3 Å². The largest absolute Gasteiger partial charge is 0.381 e. The van der Waals surface area contributed by atoms with Crippen LogP contribution < -0.4 is 11.3 Å². The maximum Gasteiger partial charge on any atom is 0.0749 e. The lowest BCUT2D eigenvalue weighted by molar-refractivity contribution is -0.0206. The van der Waals surface area contributed by atoms with Gasteiger partial charge >= 0.3 is 0 Å². The van der Waals surface area contributed by atoms with Crippen LogP contribution in [0.4, 0.5) is 0 Å². The second kappa shape index (κ2) is 5.25. The second-order valence-electron chi connectivity index (χ2n) is 4.73. The summed E-state index contributed by atoms with van der Waals surface area (Å²) >= 11 is 0. The van der Waals surface area contributed by atoms with Gasteiger partial charge in [0, 0.05) is 12.5 Å². The third kappa shape index (κ3) is 2.69. The Morgan fingerprint density at radius 1 is 1.33 bits per heavy atom. The van der Waals surface area contributed by atoms with Gasteiger partial charge in [0.05, 0.1) is 24.9 Å². The quantitative estimate of drug-likeness (QED) is 0.539. The molecule has 4 nitrogen and oxygen atoms in total. The zero-order chi connectivity index (χ0) is 10.7. The molecule has 2 aliphatic heterocycles.